The number of aromatic hydroxyl groups is 1. The van der Waals surface area contributed by atoms with Crippen molar-refractivity contribution in [2.75, 3.05) is 7.11 Å². The Balaban J connectivity index is 1.43. The molecule has 4 aliphatic rings. The summed E-state index contributed by atoms with van der Waals surface area (Å²) in [6.45, 7) is 0.470. The third kappa shape index (κ3) is 2.58. The number of ether oxygens (including phenoxy) is 1. The van der Waals surface area contributed by atoms with Crippen LogP contribution in [0.5, 0.6) is 11.5 Å². The van der Waals surface area contributed by atoms with Gasteiger partial charge in [0.05, 0.1) is 7.11 Å². The van der Waals surface area contributed by atoms with Crippen molar-refractivity contribution in [3.8, 4) is 11.5 Å². The summed E-state index contributed by atoms with van der Waals surface area (Å²) < 4.78 is 5.05. The van der Waals surface area contributed by atoms with Gasteiger partial charge in [-0.05, 0) is 74.0 Å². The first kappa shape index (κ1) is 14.9. The molecular formula is C19H25NO3. The lowest BCUT2D eigenvalue weighted by atomic mass is 9.49. The number of rotatable bonds is 4. The van der Waals surface area contributed by atoms with E-state index in [0.717, 1.165) is 42.6 Å². The topological polar surface area (TPSA) is 58.6 Å². The molecule has 0 radical (unpaired) electrons. The molecule has 4 bridgehead atoms. The predicted molar refractivity (Wildman–Crippen MR) is 87.1 cm³/mol. The van der Waals surface area contributed by atoms with Gasteiger partial charge in [-0.15, -0.1) is 0 Å². The van der Waals surface area contributed by atoms with Gasteiger partial charge in [0.25, 0.3) is 0 Å². The van der Waals surface area contributed by atoms with Crippen LogP contribution in [0, 0.1) is 23.2 Å². The van der Waals surface area contributed by atoms with Crippen molar-refractivity contribution in [2.45, 2.75) is 45.1 Å². The number of amides is 1. The van der Waals surface area contributed by atoms with Crippen molar-refractivity contribution < 1.29 is 14.6 Å². The standard InChI is InChI=1S/C19H25NO3/c1-23-17-3-2-12(7-16(17)21)11-20-18(22)19-8-13-4-14(9-19)6-15(5-13)10-19/h2-3,7,13-15,21H,4-6,8-11H2,1H3,(H,20,22). The first-order valence-electron chi connectivity index (χ1n) is 8.72. The third-order valence-electron chi connectivity index (χ3n) is 6.22. The molecule has 1 amide bonds. The van der Waals surface area contributed by atoms with E-state index in [1.165, 1.54) is 26.4 Å². The van der Waals surface area contributed by atoms with Crippen LogP contribution in [0.3, 0.4) is 0 Å². The number of carbonyl (C=O) groups excluding carboxylic acids is 1. The number of phenols is 1. The van der Waals surface area contributed by atoms with Crippen LogP contribution in [0.1, 0.15) is 44.1 Å². The van der Waals surface area contributed by atoms with E-state index in [2.05, 4.69) is 5.32 Å². The molecule has 4 aliphatic carbocycles. The highest BCUT2D eigenvalue weighted by molar-refractivity contribution is 5.83. The van der Waals surface area contributed by atoms with Crippen LogP contribution in [-0.4, -0.2) is 18.1 Å². The highest BCUT2D eigenvalue weighted by atomic mass is 16.5. The van der Waals surface area contributed by atoms with E-state index in [1.54, 1.807) is 12.1 Å². The SMILES string of the molecule is COc1ccc(CNC(=O)C23CC4CC(CC(C4)C2)C3)cc1O. The van der Waals surface area contributed by atoms with Crippen molar-refractivity contribution in [1.29, 1.82) is 0 Å². The second-order valence-corrected chi connectivity index (χ2v) is 7.89. The number of nitrogens with one attached hydrogen (secondary N) is 1. The zero-order chi connectivity index (χ0) is 16.0. The molecule has 0 spiro atoms. The normalized spacial score (nSPS) is 34.4. The number of benzene rings is 1. The maximum Gasteiger partial charge on any atom is 0.226 e. The summed E-state index contributed by atoms with van der Waals surface area (Å²) in [5, 5.41) is 13.0. The van der Waals surface area contributed by atoms with Gasteiger partial charge < -0.3 is 15.2 Å². The Morgan fingerprint density at radius 2 is 1.83 bits per heavy atom. The van der Waals surface area contributed by atoms with E-state index in [1.807, 2.05) is 6.07 Å². The van der Waals surface area contributed by atoms with Crippen LogP contribution >= 0.6 is 0 Å². The molecule has 1 aromatic carbocycles. The Kier molecular flexibility index (Phi) is 3.51. The highest BCUT2D eigenvalue weighted by Gasteiger charge is 2.54. The van der Waals surface area contributed by atoms with Crippen molar-refractivity contribution in [3.05, 3.63) is 23.8 Å². The molecule has 4 fully saturated rings. The number of hydrogen-bond donors (Lipinski definition) is 2. The average Bonchev–Trinajstić information content (AvgIpc) is 2.51. The average molecular weight is 315 g/mol. The van der Waals surface area contributed by atoms with Gasteiger partial charge in [0.15, 0.2) is 11.5 Å². The number of methoxy groups -OCH3 is 1. The highest BCUT2D eigenvalue weighted by Crippen LogP contribution is 2.60. The number of carbonyl (C=O) groups is 1. The molecule has 0 aromatic heterocycles. The van der Waals surface area contributed by atoms with Gasteiger partial charge in [0.2, 0.25) is 5.91 Å². The minimum atomic E-state index is -0.108. The quantitative estimate of drug-likeness (QED) is 0.897. The molecule has 2 N–H and O–H groups in total. The van der Waals surface area contributed by atoms with Crippen LogP contribution in [0.2, 0.25) is 0 Å². The van der Waals surface area contributed by atoms with E-state index in [-0.39, 0.29) is 17.1 Å². The fraction of sp³-hybridized carbons (Fsp3) is 0.632. The van der Waals surface area contributed by atoms with Crippen LogP contribution < -0.4 is 10.1 Å². The largest absolute Gasteiger partial charge is 0.504 e. The molecule has 4 heteroatoms. The third-order valence-corrected chi connectivity index (χ3v) is 6.22. The molecule has 0 atom stereocenters. The van der Waals surface area contributed by atoms with E-state index in [9.17, 15) is 9.90 Å². The molecule has 0 unspecified atom stereocenters. The maximum absolute atomic E-state index is 12.9. The lowest BCUT2D eigenvalue weighted by Crippen LogP contribution is -2.53. The second-order valence-electron chi connectivity index (χ2n) is 7.89. The first-order chi connectivity index (χ1) is 11.1. The summed E-state index contributed by atoms with van der Waals surface area (Å²) in [5.74, 6) is 3.13. The second kappa shape index (κ2) is 5.43. The molecular weight excluding hydrogens is 290 g/mol. The molecule has 4 saturated carbocycles. The van der Waals surface area contributed by atoms with E-state index < -0.39 is 0 Å². The van der Waals surface area contributed by atoms with Gasteiger partial charge in [-0.3, -0.25) is 4.79 Å². The summed E-state index contributed by atoms with van der Waals surface area (Å²) in [7, 11) is 1.53. The lowest BCUT2D eigenvalue weighted by molar-refractivity contribution is -0.146. The Labute approximate surface area is 137 Å². The van der Waals surface area contributed by atoms with Gasteiger partial charge in [0.1, 0.15) is 0 Å². The molecule has 0 aliphatic heterocycles. The van der Waals surface area contributed by atoms with E-state index >= 15 is 0 Å². The van der Waals surface area contributed by atoms with Gasteiger partial charge in [-0.2, -0.15) is 0 Å². The first-order valence-corrected chi connectivity index (χ1v) is 8.72. The smallest absolute Gasteiger partial charge is 0.226 e. The minimum Gasteiger partial charge on any atom is -0.504 e. The zero-order valence-corrected chi connectivity index (χ0v) is 13.7. The fourth-order valence-electron chi connectivity index (χ4n) is 5.60. The molecule has 4 nitrogen and oxygen atoms in total. The van der Waals surface area contributed by atoms with Gasteiger partial charge in [0, 0.05) is 12.0 Å². The maximum atomic E-state index is 12.9. The molecule has 124 valence electrons. The Morgan fingerprint density at radius 1 is 1.22 bits per heavy atom. The Bertz CT molecular complexity index is 590. The van der Waals surface area contributed by atoms with Crippen LogP contribution in [0.4, 0.5) is 0 Å². The molecule has 0 saturated heterocycles. The Hall–Kier alpha value is -1.71. The predicted octanol–water partition coefficient (Wildman–Crippen LogP) is 3.23. The monoisotopic (exact) mass is 315 g/mol. The fourth-order valence-corrected chi connectivity index (χ4v) is 5.60. The number of phenolic OH excluding ortho intramolecular Hbond substituents is 1. The summed E-state index contributed by atoms with van der Waals surface area (Å²) in [5.41, 5.74) is 0.796. The zero-order valence-electron chi connectivity index (χ0n) is 13.7. The van der Waals surface area contributed by atoms with E-state index in [0.29, 0.717) is 12.3 Å². The summed E-state index contributed by atoms with van der Waals surface area (Å²) >= 11 is 0. The molecule has 1 aromatic rings. The van der Waals surface area contributed by atoms with Crippen molar-refractivity contribution in [3.63, 3.8) is 0 Å². The molecule has 0 heterocycles. The van der Waals surface area contributed by atoms with Gasteiger partial charge in [-0.1, -0.05) is 6.07 Å². The summed E-state index contributed by atoms with van der Waals surface area (Å²) in [4.78, 5) is 12.9. The van der Waals surface area contributed by atoms with Crippen molar-refractivity contribution in [2.24, 2.45) is 23.2 Å². The number of hydrogen-bond acceptors (Lipinski definition) is 3. The van der Waals surface area contributed by atoms with Gasteiger partial charge in [-0.25, -0.2) is 0 Å². The molecule has 5 rings (SSSR count). The van der Waals surface area contributed by atoms with Gasteiger partial charge >= 0.3 is 0 Å². The van der Waals surface area contributed by atoms with E-state index in [4.69, 9.17) is 4.74 Å². The van der Waals surface area contributed by atoms with Crippen LogP contribution in [0.15, 0.2) is 18.2 Å². The van der Waals surface area contributed by atoms with Crippen molar-refractivity contribution in [1.82, 2.24) is 5.32 Å². The van der Waals surface area contributed by atoms with Crippen LogP contribution in [-0.2, 0) is 11.3 Å². The molecule has 23 heavy (non-hydrogen) atoms. The van der Waals surface area contributed by atoms with Crippen LogP contribution in [0.25, 0.3) is 0 Å². The van der Waals surface area contributed by atoms with Crippen molar-refractivity contribution >= 4 is 5.91 Å². The Morgan fingerprint density at radius 3 is 2.35 bits per heavy atom. The minimum absolute atomic E-state index is 0.108. The lowest BCUT2D eigenvalue weighted by Gasteiger charge is -2.55. The summed E-state index contributed by atoms with van der Waals surface area (Å²) in [6.07, 6.45) is 7.28. The summed E-state index contributed by atoms with van der Waals surface area (Å²) in [6, 6.07) is 5.29.